The number of nitrogens with one attached hydrogen (secondary N) is 1. The van der Waals surface area contributed by atoms with Crippen molar-refractivity contribution >= 4 is 48.3 Å². The van der Waals surface area contributed by atoms with Gasteiger partial charge in [-0.05, 0) is 30.3 Å². The molecule has 0 radical (unpaired) electrons. The molecule has 1 aromatic heterocycles. The summed E-state index contributed by atoms with van der Waals surface area (Å²) in [4.78, 5) is 4.23. The van der Waals surface area contributed by atoms with Gasteiger partial charge in [0.25, 0.3) is 10.0 Å². The summed E-state index contributed by atoms with van der Waals surface area (Å²) in [5.74, 6) is 0.220. The van der Waals surface area contributed by atoms with Crippen molar-refractivity contribution in [2.75, 3.05) is 11.8 Å². The number of nitrogens with zero attached hydrogens (tertiary/aromatic N) is 1. The Morgan fingerprint density at radius 3 is 2.73 bits per heavy atom. The van der Waals surface area contributed by atoms with Crippen molar-refractivity contribution in [1.29, 1.82) is 0 Å². The maximum absolute atomic E-state index is 12.5. The normalized spacial score (nSPS) is 11.5. The van der Waals surface area contributed by atoms with E-state index in [-0.39, 0.29) is 10.6 Å². The minimum atomic E-state index is -3.84. The number of halogens is 1. The first-order valence-corrected chi connectivity index (χ1v) is 8.89. The van der Waals surface area contributed by atoms with E-state index in [4.69, 9.17) is 16.3 Å². The molecular formula is C14H11ClN2O3S2. The van der Waals surface area contributed by atoms with Gasteiger partial charge in [0.2, 0.25) is 0 Å². The molecule has 0 aliphatic heterocycles. The lowest BCUT2D eigenvalue weighted by atomic mass is 10.3. The minimum absolute atomic E-state index is 0.0262. The molecule has 0 aliphatic rings. The first kappa shape index (κ1) is 15.1. The molecule has 0 fully saturated rings. The average molecular weight is 355 g/mol. The van der Waals surface area contributed by atoms with E-state index in [2.05, 4.69) is 9.71 Å². The van der Waals surface area contributed by atoms with Crippen LogP contribution in [-0.4, -0.2) is 20.5 Å². The highest BCUT2D eigenvalue weighted by atomic mass is 35.5. The Kier molecular flexibility index (Phi) is 3.94. The third kappa shape index (κ3) is 2.87. The van der Waals surface area contributed by atoms with E-state index >= 15 is 0 Å². The Bertz CT molecular complexity index is 905. The van der Waals surface area contributed by atoms with Crippen LogP contribution in [0.3, 0.4) is 0 Å². The number of para-hydroxylation sites is 1. The number of fused-ring (bicyclic) bond motifs is 1. The lowest BCUT2D eigenvalue weighted by molar-refractivity contribution is 0.403. The van der Waals surface area contributed by atoms with Gasteiger partial charge in [-0.2, -0.15) is 0 Å². The van der Waals surface area contributed by atoms with E-state index in [1.54, 1.807) is 6.07 Å². The molecule has 0 atom stereocenters. The second-order valence-electron chi connectivity index (χ2n) is 4.39. The van der Waals surface area contributed by atoms with E-state index < -0.39 is 10.0 Å². The van der Waals surface area contributed by atoms with Crippen molar-refractivity contribution in [3.63, 3.8) is 0 Å². The van der Waals surface area contributed by atoms with E-state index in [1.165, 1.54) is 30.6 Å². The molecule has 1 heterocycles. The van der Waals surface area contributed by atoms with E-state index in [9.17, 15) is 8.42 Å². The van der Waals surface area contributed by atoms with Crippen molar-refractivity contribution in [3.05, 3.63) is 47.5 Å². The van der Waals surface area contributed by atoms with Crippen LogP contribution >= 0.6 is 22.9 Å². The molecule has 0 saturated carbocycles. The fourth-order valence-electron chi connectivity index (χ4n) is 1.95. The van der Waals surface area contributed by atoms with Gasteiger partial charge in [0, 0.05) is 5.02 Å². The van der Waals surface area contributed by atoms with Crippen LogP contribution in [0.1, 0.15) is 0 Å². The third-order valence-corrected chi connectivity index (χ3v) is 5.61. The number of rotatable bonds is 4. The summed E-state index contributed by atoms with van der Waals surface area (Å²) in [5, 5.41) is 0.605. The van der Waals surface area contributed by atoms with Crippen molar-refractivity contribution in [1.82, 2.24) is 4.98 Å². The van der Waals surface area contributed by atoms with Crippen LogP contribution in [0.4, 0.5) is 5.13 Å². The van der Waals surface area contributed by atoms with E-state index in [0.29, 0.717) is 10.2 Å². The number of hydrogen-bond acceptors (Lipinski definition) is 5. The summed E-state index contributed by atoms with van der Waals surface area (Å²) in [5.41, 5.74) is 0.739. The Morgan fingerprint density at radius 1 is 1.23 bits per heavy atom. The van der Waals surface area contributed by atoms with Crippen LogP contribution in [0.15, 0.2) is 47.4 Å². The largest absolute Gasteiger partial charge is 0.495 e. The highest BCUT2D eigenvalue weighted by molar-refractivity contribution is 7.93. The molecule has 114 valence electrons. The van der Waals surface area contributed by atoms with E-state index in [1.807, 2.05) is 24.3 Å². The van der Waals surface area contributed by atoms with Crippen molar-refractivity contribution in [3.8, 4) is 5.75 Å². The van der Waals surface area contributed by atoms with Crippen molar-refractivity contribution < 1.29 is 13.2 Å². The fraction of sp³-hybridized carbons (Fsp3) is 0.0714. The molecule has 0 saturated heterocycles. The highest BCUT2D eigenvalue weighted by Crippen LogP contribution is 2.31. The van der Waals surface area contributed by atoms with Gasteiger partial charge in [0.05, 0.1) is 17.3 Å². The lowest BCUT2D eigenvalue weighted by Gasteiger charge is -2.10. The van der Waals surface area contributed by atoms with Crippen molar-refractivity contribution in [2.24, 2.45) is 0 Å². The summed E-state index contributed by atoms with van der Waals surface area (Å²) in [7, 11) is -2.44. The predicted molar refractivity (Wildman–Crippen MR) is 88.4 cm³/mol. The topological polar surface area (TPSA) is 68.3 Å². The fourth-order valence-corrected chi connectivity index (χ4v) is 4.48. The summed E-state index contributed by atoms with van der Waals surface area (Å²) in [6.07, 6.45) is 0. The summed E-state index contributed by atoms with van der Waals surface area (Å²) >= 11 is 7.15. The van der Waals surface area contributed by atoms with Crippen LogP contribution in [0.2, 0.25) is 5.02 Å². The monoisotopic (exact) mass is 354 g/mol. The second-order valence-corrected chi connectivity index (χ2v) is 7.51. The molecule has 0 unspecified atom stereocenters. The van der Waals surface area contributed by atoms with Crippen LogP contribution < -0.4 is 9.46 Å². The smallest absolute Gasteiger partial charge is 0.267 e. The van der Waals surface area contributed by atoms with Gasteiger partial charge in [0.15, 0.2) is 5.13 Å². The standard InChI is InChI=1S/C14H11ClN2O3S2/c1-20-11-7-6-9(15)8-13(11)22(18,19)17-14-16-10-4-2-3-5-12(10)21-14/h2-8H,1H3,(H,16,17). The van der Waals surface area contributed by atoms with Gasteiger partial charge >= 0.3 is 0 Å². The predicted octanol–water partition coefficient (Wildman–Crippen LogP) is 3.76. The molecule has 22 heavy (non-hydrogen) atoms. The van der Waals surface area contributed by atoms with Gasteiger partial charge in [-0.25, -0.2) is 13.4 Å². The number of anilines is 1. The lowest BCUT2D eigenvalue weighted by Crippen LogP contribution is -2.13. The molecular weight excluding hydrogens is 344 g/mol. The first-order chi connectivity index (χ1) is 10.5. The Hall–Kier alpha value is -1.83. The molecule has 0 amide bonds. The maximum Gasteiger partial charge on any atom is 0.267 e. The molecule has 3 rings (SSSR count). The quantitative estimate of drug-likeness (QED) is 0.774. The maximum atomic E-state index is 12.5. The molecule has 5 nitrogen and oxygen atoms in total. The molecule has 8 heteroatoms. The number of hydrogen-bond donors (Lipinski definition) is 1. The van der Waals surface area contributed by atoms with Gasteiger partial charge in [-0.15, -0.1) is 0 Å². The first-order valence-electron chi connectivity index (χ1n) is 6.21. The van der Waals surface area contributed by atoms with Gasteiger partial charge in [-0.3, -0.25) is 4.72 Å². The molecule has 0 bridgehead atoms. The summed E-state index contributed by atoms with van der Waals surface area (Å²) in [6, 6.07) is 11.8. The Morgan fingerprint density at radius 2 is 2.00 bits per heavy atom. The number of aromatic nitrogens is 1. The number of sulfonamides is 1. The number of benzene rings is 2. The SMILES string of the molecule is COc1ccc(Cl)cc1S(=O)(=O)Nc1nc2ccccc2s1. The third-order valence-electron chi connectivity index (χ3n) is 2.93. The molecule has 1 N–H and O–H groups in total. The van der Waals surface area contributed by atoms with Crippen LogP contribution in [-0.2, 0) is 10.0 Å². The summed E-state index contributed by atoms with van der Waals surface area (Å²) < 4.78 is 33.5. The van der Waals surface area contributed by atoms with Crippen LogP contribution in [0.25, 0.3) is 10.2 Å². The van der Waals surface area contributed by atoms with Gasteiger partial charge < -0.3 is 4.74 Å². The number of methoxy groups -OCH3 is 1. The minimum Gasteiger partial charge on any atom is -0.495 e. The molecule has 2 aromatic carbocycles. The second kappa shape index (κ2) is 5.75. The van der Waals surface area contributed by atoms with Crippen molar-refractivity contribution in [2.45, 2.75) is 4.90 Å². The number of ether oxygens (including phenoxy) is 1. The molecule has 0 spiro atoms. The Labute approximate surface area is 136 Å². The average Bonchev–Trinajstić information content (AvgIpc) is 2.88. The van der Waals surface area contributed by atoms with Gasteiger partial charge in [0.1, 0.15) is 10.6 Å². The molecule has 0 aliphatic carbocycles. The molecule has 3 aromatic rings. The highest BCUT2D eigenvalue weighted by Gasteiger charge is 2.21. The Balaban J connectivity index is 2.01. The van der Waals surface area contributed by atoms with Gasteiger partial charge in [-0.1, -0.05) is 35.1 Å². The van der Waals surface area contributed by atoms with E-state index in [0.717, 1.165) is 10.2 Å². The van der Waals surface area contributed by atoms with Crippen LogP contribution in [0, 0.1) is 0 Å². The zero-order valence-corrected chi connectivity index (χ0v) is 13.8. The zero-order valence-electron chi connectivity index (χ0n) is 11.4. The zero-order chi connectivity index (χ0) is 15.7. The van der Waals surface area contributed by atoms with Crippen LogP contribution in [0.5, 0.6) is 5.75 Å². The summed E-state index contributed by atoms with van der Waals surface area (Å²) in [6.45, 7) is 0. The number of thiazole rings is 1.